The van der Waals surface area contributed by atoms with E-state index in [9.17, 15) is 9.90 Å². The molecule has 4 nitrogen and oxygen atoms in total. The third-order valence-corrected chi connectivity index (χ3v) is 5.96. The molecule has 1 aliphatic carbocycles. The molecule has 1 saturated carbocycles. The Kier molecular flexibility index (Phi) is 5.80. The minimum atomic E-state index is -0.890. The van der Waals surface area contributed by atoms with Crippen LogP contribution in [0.3, 0.4) is 0 Å². The van der Waals surface area contributed by atoms with Gasteiger partial charge in [-0.05, 0) is 44.7 Å². The van der Waals surface area contributed by atoms with E-state index in [1.807, 2.05) is 25.1 Å². The SMILES string of the molecule is CCCN1CC[C@@](C)(O)[C@@H](NC(=O)C2CCCC2)[C@@H]1c1ccccc1. The molecule has 25 heavy (non-hydrogen) atoms. The van der Waals surface area contributed by atoms with E-state index in [1.54, 1.807) is 0 Å². The minimum Gasteiger partial charge on any atom is -0.388 e. The largest absolute Gasteiger partial charge is 0.388 e. The second kappa shape index (κ2) is 7.88. The third-order valence-electron chi connectivity index (χ3n) is 5.96. The molecule has 0 aromatic heterocycles. The van der Waals surface area contributed by atoms with Gasteiger partial charge in [-0.25, -0.2) is 0 Å². The fourth-order valence-corrected chi connectivity index (χ4v) is 4.50. The molecule has 0 bridgehead atoms. The molecule has 2 aliphatic rings. The van der Waals surface area contributed by atoms with E-state index in [4.69, 9.17) is 0 Å². The molecule has 1 aromatic rings. The van der Waals surface area contributed by atoms with Gasteiger partial charge in [0.25, 0.3) is 0 Å². The number of carbonyl (C=O) groups excluding carboxylic acids is 1. The molecule has 2 fully saturated rings. The van der Waals surface area contributed by atoms with Gasteiger partial charge in [-0.1, -0.05) is 50.1 Å². The van der Waals surface area contributed by atoms with Crippen LogP contribution in [0.2, 0.25) is 0 Å². The number of nitrogens with zero attached hydrogens (tertiary/aromatic N) is 1. The summed E-state index contributed by atoms with van der Waals surface area (Å²) >= 11 is 0. The molecule has 0 unspecified atom stereocenters. The van der Waals surface area contributed by atoms with Gasteiger partial charge in [0, 0.05) is 12.5 Å². The highest BCUT2D eigenvalue weighted by atomic mass is 16.3. The molecule has 3 atom stereocenters. The Labute approximate surface area is 151 Å². The smallest absolute Gasteiger partial charge is 0.223 e. The lowest BCUT2D eigenvalue weighted by Crippen LogP contribution is -2.63. The number of hydrogen-bond donors (Lipinski definition) is 2. The van der Waals surface area contributed by atoms with Crippen molar-refractivity contribution in [1.82, 2.24) is 10.2 Å². The van der Waals surface area contributed by atoms with Crippen LogP contribution in [0.15, 0.2) is 30.3 Å². The summed E-state index contributed by atoms with van der Waals surface area (Å²) in [6.07, 6.45) is 6.00. The maximum absolute atomic E-state index is 12.8. The number of rotatable bonds is 5. The van der Waals surface area contributed by atoms with Gasteiger partial charge in [0.15, 0.2) is 0 Å². The molecular formula is C21H32N2O2. The van der Waals surface area contributed by atoms with Gasteiger partial charge >= 0.3 is 0 Å². The fourth-order valence-electron chi connectivity index (χ4n) is 4.50. The summed E-state index contributed by atoms with van der Waals surface area (Å²) in [7, 11) is 0. The molecule has 1 amide bonds. The first kappa shape index (κ1) is 18.4. The number of likely N-dealkylation sites (tertiary alicyclic amines) is 1. The summed E-state index contributed by atoms with van der Waals surface area (Å²) in [5, 5.41) is 14.4. The Morgan fingerprint density at radius 1 is 1.28 bits per heavy atom. The Morgan fingerprint density at radius 3 is 2.60 bits per heavy atom. The first-order chi connectivity index (χ1) is 12.0. The number of nitrogens with one attached hydrogen (secondary N) is 1. The average molecular weight is 344 g/mol. The van der Waals surface area contributed by atoms with Crippen molar-refractivity contribution in [3.8, 4) is 0 Å². The number of amides is 1. The Morgan fingerprint density at radius 2 is 1.96 bits per heavy atom. The van der Waals surface area contributed by atoms with Crippen molar-refractivity contribution in [2.75, 3.05) is 13.1 Å². The quantitative estimate of drug-likeness (QED) is 0.862. The number of aliphatic hydroxyl groups is 1. The van der Waals surface area contributed by atoms with Gasteiger partial charge in [0.2, 0.25) is 5.91 Å². The minimum absolute atomic E-state index is 0.0234. The molecule has 1 aromatic carbocycles. The van der Waals surface area contributed by atoms with Crippen molar-refractivity contribution in [3.05, 3.63) is 35.9 Å². The van der Waals surface area contributed by atoms with Crippen molar-refractivity contribution in [3.63, 3.8) is 0 Å². The lowest BCUT2D eigenvalue weighted by Gasteiger charge is -2.49. The summed E-state index contributed by atoms with van der Waals surface area (Å²) in [6.45, 7) is 5.90. The van der Waals surface area contributed by atoms with Crippen LogP contribution in [-0.2, 0) is 4.79 Å². The van der Waals surface area contributed by atoms with E-state index >= 15 is 0 Å². The molecular weight excluding hydrogens is 312 g/mol. The van der Waals surface area contributed by atoms with Gasteiger partial charge < -0.3 is 10.4 Å². The predicted molar refractivity (Wildman–Crippen MR) is 100 cm³/mol. The zero-order valence-corrected chi connectivity index (χ0v) is 15.6. The highest BCUT2D eigenvalue weighted by Crippen LogP contribution is 2.37. The molecule has 1 aliphatic heterocycles. The molecule has 2 N–H and O–H groups in total. The van der Waals surface area contributed by atoms with E-state index in [0.717, 1.165) is 45.2 Å². The Bertz CT molecular complexity index is 567. The number of benzene rings is 1. The zero-order valence-electron chi connectivity index (χ0n) is 15.6. The van der Waals surface area contributed by atoms with Crippen LogP contribution in [0.25, 0.3) is 0 Å². The van der Waals surface area contributed by atoms with Gasteiger partial charge in [-0.2, -0.15) is 0 Å². The molecule has 0 spiro atoms. The van der Waals surface area contributed by atoms with E-state index < -0.39 is 5.60 Å². The Balaban J connectivity index is 1.88. The number of piperidine rings is 1. The van der Waals surface area contributed by atoms with E-state index in [0.29, 0.717) is 6.42 Å². The zero-order chi connectivity index (χ0) is 17.9. The monoisotopic (exact) mass is 344 g/mol. The van der Waals surface area contributed by atoms with Crippen LogP contribution in [0.5, 0.6) is 0 Å². The molecule has 1 saturated heterocycles. The summed E-state index contributed by atoms with van der Waals surface area (Å²) in [4.78, 5) is 15.2. The number of carbonyl (C=O) groups is 1. The van der Waals surface area contributed by atoms with Crippen molar-refractivity contribution in [1.29, 1.82) is 0 Å². The average Bonchev–Trinajstić information content (AvgIpc) is 3.14. The van der Waals surface area contributed by atoms with Crippen LogP contribution in [0.1, 0.15) is 64.0 Å². The summed E-state index contributed by atoms with van der Waals surface area (Å²) in [6, 6.07) is 10.1. The third kappa shape index (κ3) is 4.06. The van der Waals surface area contributed by atoms with E-state index in [1.165, 1.54) is 5.56 Å². The Hall–Kier alpha value is -1.39. The topological polar surface area (TPSA) is 52.6 Å². The standard InChI is InChI=1S/C21H32N2O2/c1-3-14-23-15-13-21(2,25)19(18(23)16-9-5-4-6-10-16)22-20(24)17-11-7-8-12-17/h4-6,9-10,17-19,25H,3,7-8,11-15H2,1-2H3,(H,22,24)/t18-,19-,21+/m0/s1. The van der Waals surface area contributed by atoms with Crippen LogP contribution in [-0.4, -0.2) is 40.6 Å². The highest BCUT2D eigenvalue weighted by Gasteiger charge is 2.46. The summed E-state index contributed by atoms with van der Waals surface area (Å²) in [5.41, 5.74) is 0.284. The van der Waals surface area contributed by atoms with Gasteiger partial charge in [-0.15, -0.1) is 0 Å². The van der Waals surface area contributed by atoms with Crippen molar-refractivity contribution in [2.24, 2.45) is 5.92 Å². The van der Waals surface area contributed by atoms with Crippen LogP contribution >= 0.6 is 0 Å². The van der Waals surface area contributed by atoms with Crippen LogP contribution in [0.4, 0.5) is 0 Å². The van der Waals surface area contributed by atoms with Crippen molar-refractivity contribution in [2.45, 2.75) is 70.1 Å². The first-order valence-corrected chi connectivity index (χ1v) is 9.84. The summed E-state index contributed by atoms with van der Waals surface area (Å²) < 4.78 is 0. The van der Waals surface area contributed by atoms with E-state index in [2.05, 4.69) is 29.3 Å². The maximum atomic E-state index is 12.8. The second-order valence-corrected chi connectivity index (χ2v) is 7.97. The molecule has 1 heterocycles. The molecule has 3 rings (SSSR count). The molecule has 138 valence electrons. The molecule has 0 radical (unpaired) electrons. The second-order valence-electron chi connectivity index (χ2n) is 7.97. The normalized spacial score (nSPS) is 31.2. The van der Waals surface area contributed by atoms with Crippen molar-refractivity contribution < 1.29 is 9.90 Å². The van der Waals surface area contributed by atoms with Gasteiger partial charge in [0.1, 0.15) is 0 Å². The van der Waals surface area contributed by atoms with Crippen LogP contribution in [0, 0.1) is 5.92 Å². The summed E-state index contributed by atoms with van der Waals surface area (Å²) in [5.74, 6) is 0.246. The van der Waals surface area contributed by atoms with E-state index in [-0.39, 0.29) is 23.9 Å². The maximum Gasteiger partial charge on any atom is 0.223 e. The first-order valence-electron chi connectivity index (χ1n) is 9.84. The highest BCUT2D eigenvalue weighted by molar-refractivity contribution is 5.79. The molecule has 4 heteroatoms. The fraction of sp³-hybridized carbons (Fsp3) is 0.667. The van der Waals surface area contributed by atoms with Crippen molar-refractivity contribution >= 4 is 5.91 Å². The van der Waals surface area contributed by atoms with Crippen LogP contribution < -0.4 is 5.32 Å². The van der Waals surface area contributed by atoms with Gasteiger partial charge in [-0.3, -0.25) is 9.69 Å². The lowest BCUT2D eigenvalue weighted by molar-refractivity contribution is -0.132. The number of hydrogen-bond acceptors (Lipinski definition) is 3. The lowest BCUT2D eigenvalue weighted by atomic mass is 9.79. The van der Waals surface area contributed by atoms with Gasteiger partial charge in [0.05, 0.1) is 17.7 Å². The predicted octanol–water partition coefficient (Wildman–Crippen LogP) is 3.27.